The van der Waals surface area contributed by atoms with E-state index in [-0.39, 0.29) is 5.41 Å². The second kappa shape index (κ2) is 10.6. The third-order valence-corrected chi connectivity index (χ3v) is 6.00. The van der Waals surface area contributed by atoms with E-state index in [1.807, 2.05) is 57.3 Å². The van der Waals surface area contributed by atoms with Gasteiger partial charge in [0.05, 0.1) is 31.3 Å². The molecule has 0 spiro atoms. The highest BCUT2D eigenvalue weighted by molar-refractivity contribution is 5.99. The van der Waals surface area contributed by atoms with E-state index in [1.165, 1.54) is 0 Å². The Kier molecular flexibility index (Phi) is 7.06. The molecular weight excluding hydrogens is 474 g/mol. The maximum absolute atomic E-state index is 12.4. The molecule has 2 amide bonds. The molecule has 37 heavy (non-hydrogen) atoms. The summed E-state index contributed by atoms with van der Waals surface area (Å²) in [6.07, 6.45) is 3.55. The van der Waals surface area contributed by atoms with Crippen LogP contribution in [0.5, 0.6) is 5.75 Å². The molecule has 1 aliphatic heterocycles. The molecule has 5 rings (SSSR count). The predicted molar refractivity (Wildman–Crippen MR) is 139 cm³/mol. The highest BCUT2D eigenvalue weighted by Crippen LogP contribution is 2.25. The van der Waals surface area contributed by atoms with Gasteiger partial charge in [-0.05, 0) is 12.1 Å². The van der Waals surface area contributed by atoms with Crippen molar-refractivity contribution in [1.82, 2.24) is 24.7 Å². The zero-order valence-electron chi connectivity index (χ0n) is 21.2. The number of ether oxygens (including phenoxy) is 2. The summed E-state index contributed by atoms with van der Waals surface area (Å²) in [5.74, 6) is 1.73. The van der Waals surface area contributed by atoms with Gasteiger partial charge in [0.25, 0.3) is 0 Å². The maximum Gasteiger partial charge on any atom is 0.324 e. The summed E-state index contributed by atoms with van der Waals surface area (Å²) < 4.78 is 18.3. The van der Waals surface area contributed by atoms with Gasteiger partial charge in [-0.2, -0.15) is 5.10 Å². The molecular formula is C26H31N7O4. The molecule has 1 aliphatic rings. The number of aromatic nitrogens is 4. The number of rotatable bonds is 7. The number of hydrogen-bond donors (Lipinski definition) is 2. The van der Waals surface area contributed by atoms with Crippen LogP contribution in [-0.4, -0.2) is 70.1 Å². The lowest BCUT2D eigenvalue weighted by molar-refractivity contribution is 0.0322. The third-order valence-electron chi connectivity index (χ3n) is 6.00. The van der Waals surface area contributed by atoms with Crippen LogP contribution in [0.4, 0.5) is 16.3 Å². The van der Waals surface area contributed by atoms with Crippen molar-refractivity contribution in [2.45, 2.75) is 26.2 Å². The van der Waals surface area contributed by atoms with Crippen molar-refractivity contribution in [3.8, 4) is 17.0 Å². The minimum atomic E-state index is -0.403. The zero-order valence-corrected chi connectivity index (χ0v) is 21.2. The molecule has 0 unspecified atom stereocenters. The molecule has 2 N–H and O–H groups in total. The van der Waals surface area contributed by atoms with Gasteiger partial charge in [0.15, 0.2) is 17.2 Å². The molecule has 4 heterocycles. The van der Waals surface area contributed by atoms with Gasteiger partial charge >= 0.3 is 6.03 Å². The summed E-state index contributed by atoms with van der Waals surface area (Å²) in [5, 5.41) is 14.0. The van der Waals surface area contributed by atoms with E-state index in [0.717, 1.165) is 49.8 Å². The first-order valence-electron chi connectivity index (χ1n) is 12.3. The molecule has 194 valence electrons. The van der Waals surface area contributed by atoms with Crippen LogP contribution in [0.25, 0.3) is 16.9 Å². The molecule has 1 aromatic carbocycles. The standard InChI is InChI=1S/C26H31N7O4/c1-26(2,3)22-15-23(31-37-22)29-25(34)28-19-6-4-18(5-7-19)21-14-24-27-16-20(17-33(24)30-21)36-13-10-32-8-11-35-12-9-32/h4-7,14-17H,8-13H2,1-3H3,(H2,28,29,31,34). The molecule has 3 aromatic heterocycles. The van der Waals surface area contributed by atoms with Crippen LogP contribution in [0.1, 0.15) is 26.5 Å². The molecule has 0 bridgehead atoms. The average molecular weight is 506 g/mol. The van der Waals surface area contributed by atoms with E-state index in [4.69, 9.17) is 14.0 Å². The normalized spacial score (nSPS) is 14.6. The number of hydrogen-bond acceptors (Lipinski definition) is 8. The number of benzene rings is 1. The number of nitrogens with zero attached hydrogens (tertiary/aromatic N) is 5. The van der Waals surface area contributed by atoms with E-state index in [0.29, 0.717) is 29.6 Å². The van der Waals surface area contributed by atoms with E-state index < -0.39 is 6.03 Å². The number of morpholine rings is 1. The van der Waals surface area contributed by atoms with Crippen molar-refractivity contribution < 1.29 is 18.8 Å². The Morgan fingerprint density at radius 2 is 1.89 bits per heavy atom. The second-order valence-corrected chi connectivity index (χ2v) is 9.91. The summed E-state index contributed by atoms with van der Waals surface area (Å²) in [4.78, 5) is 19.2. The largest absolute Gasteiger partial charge is 0.489 e. The van der Waals surface area contributed by atoms with E-state index in [2.05, 4.69) is 30.8 Å². The van der Waals surface area contributed by atoms with Crippen LogP contribution in [0.3, 0.4) is 0 Å². The highest BCUT2D eigenvalue weighted by Gasteiger charge is 2.20. The first kappa shape index (κ1) is 24.7. The topological polar surface area (TPSA) is 119 Å². The van der Waals surface area contributed by atoms with Crippen LogP contribution in [-0.2, 0) is 10.2 Å². The minimum Gasteiger partial charge on any atom is -0.489 e. The fraction of sp³-hybridized carbons (Fsp3) is 0.385. The van der Waals surface area contributed by atoms with Gasteiger partial charge in [0.1, 0.15) is 12.4 Å². The molecule has 0 atom stereocenters. The number of anilines is 2. The number of carbonyl (C=O) groups is 1. The lowest BCUT2D eigenvalue weighted by Crippen LogP contribution is -2.38. The van der Waals surface area contributed by atoms with Crippen molar-refractivity contribution >= 4 is 23.2 Å². The zero-order chi connectivity index (χ0) is 25.8. The summed E-state index contributed by atoms with van der Waals surface area (Å²) in [5.41, 5.74) is 2.84. The lowest BCUT2D eigenvalue weighted by Gasteiger charge is -2.26. The highest BCUT2D eigenvalue weighted by atomic mass is 16.5. The van der Waals surface area contributed by atoms with Crippen LogP contribution >= 0.6 is 0 Å². The minimum absolute atomic E-state index is 0.190. The van der Waals surface area contributed by atoms with Gasteiger partial charge in [0.2, 0.25) is 0 Å². The van der Waals surface area contributed by atoms with Crippen LogP contribution in [0.15, 0.2) is 53.3 Å². The van der Waals surface area contributed by atoms with Crippen molar-refractivity contribution in [2.75, 3.05) is 50.1 Å². The first-order chi connectivity index (χ1) is 17.8. The van der Waals surface area contributed by atoms with Crippen LogP contribution in [0, 0.1) is 0 Å². The van der Waals surface area contributed by atoms with Gasteiger partial charge in [-0.3, -0.25) is 10.2 Å². The quantitative estimate of drug-likeness (QED) is 0.386. The van der Waals surface area contributed by atoms with Crippen molar-refractivity contribution in [3.63, 3.8) is 0 Å². The maximum atomic E-state index is 12.4. The monoisotopic (exact) mass is 505 g/mol. The predicted octanol–water partition coefficient (Wildman–Crippen LogP) is 4.04. The molecule has 0 saturated carbocycles. The van der Waals surface area contributed by atoms with E-state index >= 15 is 0 Å². The molecule has 11 heteroatoms. The fourth-order valence-corrected chi connectivity index (χ4v) is 3.88. The Bertz CT molecular complexity index is 1350. The number of carbonyl (C=O) groups excluding carboxylic acids is 1. The molecule has 1 fully saturated rings. The van der Waals surface area contributed by atoms with Crippen LogP contribution < -0.4 is 15.4 Å². The van der Waals surface area contributed by atoms with Crippen molar-refractivity contribution in [3.05, 3.63) is 54.6 Å². The Morgan fingerprint density at radius 1 is 1.11 bits per heavy atom. The Hall–Kier alpha value is -3.96. The van der Waals surface area contributed by atoms with E-state index in [9.17, 15) is 4.79 Å². The summed E-state index contributed by atoms with van der Waals surface area (Å²) >= 11 is 0. The molecule has 11 nitrogen and oxygen atoms in total. The number of urea groups is 1. The Morgan fingerprint density at radius 3 is 2.62 bits per heavy atom. The summed E-state index contributed by atoms with van der Waals surface area (Å²) in [6, 6.07) is 10.6. The SMILES string of the molecule is CC(C)(C)c1cc(NC(=O)Nc2ccc(-c3cc4ncc(OCCN5CCOCC5)cn4n3)cc2)no1. The van der Waals surface area contributed by atoms with E-state index in [1.54, 1.807) is 16.8 Å². The van der Waals surface area contributed by atoms with Gasteiger partial charge < -0.3 is 19.3 Å². The fourth-order valence-electron chi connectivity index (χ4n) is 3.88. The molecule has 1 saturated heterocycles. The molecule has 0 radical (unpaired) electrons. The number of nitrogens with one attached hydrogen (secondary N) is 2. The molecule has 0 aliphatic carbocycles. The molecule has 4 aromatic rings. The van der Waals surface area contributed by atoms with Gasteiger partial charge in [-0.25, -0.2) is 14.3 Å². The Labute approximate surface area is 214 Å². The van der Waals surface area contributed by atoms with Gasteiger partial charge in [-0.1, -0.05) is 38.1 Å². The smallest absolute Gasteiger partial charge is 0.324 e. The second-order valence-electron chi connectivity index (χ2n) is 9.91. The summed E-state index contributed by atoms with van der Waals surface area (Å²) in [7, 11) is 0. The van der Waals surface area contributed by atoms with Gasteiger partial charge in [-0.15, -0.1) is 0 Å². The third kappa shape index (κ3) is 6.25. The van der Waals surface area contributed by atoms with Gasteiger partial charge in [0, 0.05) is 48.4 Å². The van der Waals surface area contributed by atoms with Crippen molar-refractivity contribution in [2.24, 2.45) is 0 Å². The Balaban J connectivity index is 1.17. The first-order valence-corrected chi connectivity index (χ1v) is 12.3. The van der Waals surface area contributed by atoms with Crippen LogP contribution in [0.2, 0.25) is 0 Å². The average Bonchev–Trinajstić information content (AvgIpc) is 3.52. The number of amides is 2. The summed E-state index contributed by atoms with van der Waals surface area (Å²) in [6.45, 7) is 10.9. The number of fused-ring (bicyclic) bond motifs is 1. The lowest BCUT2D eigenvalue weighted by atomic mass is 9.93. The van der Waals surface area contributed by atoms with Crippen molar-refractivity contribution in [1.29, 1.82) is 0 Å².